The van der Waals surface area contributed by atoms with Crippen molar-refractivity contribution in [2.45, 2.75) is 45.1 Å². The minimum Gasteiger partial charge on any atom is -0.358 e. The van der Waals surface area contributed by atoms with E-state index in [1.54, 1.807) is 0 Å². The van der Waals surface area contributed by atoms with Gasteiger partial charge in [0, 0.05) is 12.5 Å². The van der Waals surface area contributed by atoms with Crippen LogP contribution in [0, 0.1) is 11.8 Å². The summed E-state index contributed by atoms with van der Waals surface area (Å²) in [5, 5.41) is 3.84. The molecule has 0 aromatic heterocycles. The molecule has 2 bridgehead atoms. The Morgan fingerprint density at radius 3 is 2.69 bits per heavy atom. The van der Waals surface area contributed by atoms with E-state index < -0.39 is 0 Å². The number of hydrazine groups is 1. The molecule has 0 spiro atoms. The van der Waals surface area contributed by atoms with Crippen molar-refractivity contribution in [2.24, 2.45) is 11.8 Å². The Labute approximate surface area is 102 Å². The van der Waals surface area contributed by atoms with Crippen molar-refractivity contribution in [1.29, 1.82) is 0 Å². The van der Waals surface area contributed by atoms with Crippen LogP contribution in [-0.4, -0.2) is 17.1 Å². The van der Waals surface area contributed by atoms with Crippen LogP contribution in [0.15, 0.2) is 0 Å². The van der Waals surface area contributed by atoms with Gasteiger partial charge < -0.3 is 5.32 Å². The third-order valence-corrected chi connectivity index (χ3v) is 3.91. The van der Waals surface area contributed by atoms with E-state index in [-0.39, 0.29) is 5.91 Å². The smallest absolute Gasteiger partial charge is 0.238 e. The lowest BCUT2D eigenvalue weighted by atomic mass is 9.96. The van der Waals surface area contributed by atoms with Crippen LogP contribution in [0.1, 0.15) is 39.0 Å². The first-order valence-electron chi connectivity index (χ1n) is 6.04. The zero-order valence-corrected chi connectivity index (χ0v) is 10.4. The summed E-state index contributed by atoms with van der Waals surface area (Å²) in [6.07, 6.45) is 5.75. The van der Waals surface area contributed by atoms with Gasteiger partial charge in [0.05, 0.1) is 0 Å². The minimum absolute atomic E-state index is 0.0444. The Kier molecular flexibility index (Phi) is 3.63. The first-order chi connectivity index (χ1) is 7.69. The Morgan fingerprint density at radius 1 is 1.31 bits per heavy atom. The predicted octanol–water partition coefficient (Wildman–Crippen LogP) is 1.08. The zero-order valence-electron chi connectivity index (χ0n) is 9.58. The van der Waals surface area contributed by atoms with E-state index in [0.29, 0.717) is 17.6 Å². The van der Waals surface area contributed by atoms with E-state index in [1.165, 1.54) is 25.7 Å². The van der Waals surface area contributed by atoms with E-state index in [9.17, 15) is 4.79 Å². The van der Waals surface area contributed by atoms with Crippen molar-refractivity contribution in [2.75, 3.05) is 0 Å². The van der Waals surface area contributed by atoms with Crippen molar-refractivity contribution in [3.63, 3.8) is 0 Å². The number of hydrogen-bond acceptors (Lipinski definition) is 2. The van der Waals surface area contributed by atoms with Crippen LogP contribution < -0.4 is 16.2 Å². The second-order valence-corrected chi connectivity index (χ2v) is 5.19. The van der Waals surface area contributed by atoms with Gasteiger partial charge in [0.25, 0.3) is 0 Å². The molecule has 0 unspecified atom stereocenters. The fourth-order valence-corrected chi connectivity index (χ4v) is 3.04. The van der Waals surface area contributed by atoms with E-state index >= 15 is 0 Å². The highest BCUT2D eigenvalue weighted by atomic mass is 32.1. The highest BCUT2D eigenvalue weighted by Gasteiger charge is 2.39. The summed E-state index contributed by atoms with van der Waals surface area (Å²) in [6.45, 7) is 1.81. The van der Waals surface area contributed by atoms with Crippen LogP contribution >= 0.6 is 12.2 Å². The molecule has 0 aromatic carbocycles. The number of fused-ring (bicyclic) bond motifs is 2. The average Bonchev–Trinajstić information content (AvgIpc) is 2.87. The van der Waals surface area contributed by atoms with Crippen LogP contribution in [0.3, 0.4) is 0 Å². The normalized spacial score (nSPS) is 31.2. The van der Waals surface area contributed by atoms with E-state index in [4.69, 9.17) is 12.2 Å². The second-order valence-electron chi connectivity index (χ2n) is 4.78. The molecular formula is C11H19N3OS. The van der Waals surface area contributed by atoms with Crippen molar-refractivity contribution in [3.05, 3.63) is 0 Å². The number of carbonyl (C=O) groups excluding carboxylic acids is 1. The number of thiocarbonyl (C=S) groups is 1. The number of carbonyl (C=O) groups is 1. The number of hydrogen-bond donors (Lipinski definition) is 3. The maximum atomic E-state index is 11.0. The summed E-state index contributed by atoms with van der Waals surface area (Å²) in [5.41, 5.74) is 5.30. The van der Waals surface area contributed by atoms with Gasteiger partial charge in [0.1, 0.15) is 0 Å². The van der Waals surface area contributed by atoms with Gasteiger partial charge >= 0.3 is 0 Å². The van der Waals surface area contributed by atoms with Crippen LogP contribution in [-0.2, 0) is 4.79 Å². The van der Waals surface area contributed by atoms with Gasteiger partial charge in [-0.05, 0) is 43.3 Å². The van der Waals surface area contributed by atoms with Crippen LogP contribution in [0.2, 0.25) is 0 Å². The predicted molar refractivity (Wildman–Crippen MR) is 66.5 cm³/mol. The Hall–Kier alpha value is -0.840. The van der Waals surface area contributed by atoms with E-state index in [0.717, 1.165) is 11.8 Å². The Morgan fingerprint density at radius 2 is 2.12 bits per heavy atom. The average molecular weight is 241 g/mol. The maximum Gasteiger partial charge on any atom is 0.238 e. The van der Waals surface area contributed by atoms with Gasteiger partial charge in [-0.25, -0.2) is 0 Å². The molecule has 0 aromatic rings. The third kappa shape index (κ3) is 2.64. The molecule has 3 N–H and O–H groups in total. The van der Waals surface area contributed by atoms with Crippen LogP contribution in [0.4, 0.5) is 0 Å². The molecule has 0 radical (unpaired) electrons. The van der Waals surface area contributed by atoms with Crippen molar-refractivity contribution in [3.8, 4) is 0 Å². The molecule has 0 heterocycles. The molecule has 5 heteroatoms. The molecule has 3 atom stereocenters. The standard InChI is InChI=1S/C11H19N3OS/c1-2-10(15)13-14-11(16)12-9-6-7-3-4-8(9)5-7/h7-9H,2-6H2,1H3,(H,13,15)(H2,12,14,16)/t7-,8+,9+/m0/s1. The molecule has 4 nitrogen and oxygen atoms in total. The zero-order chi connectivity index (χ0) is 11.5. The molecule has 2 aliphatic rings. The number of amides is 1. The maximum absolute atomic E-state index is 11.0. The Bertz CT molecular complexity index is 295. The SMILES string of the molecule is CCC(=O)NNC(=S)N[C@@H]1C[C@H]2CC[C@@H]1C2. The topological polar surface area (TPSA) is 53.2 Å². The lowest BCUT2D eigenvalue weighted by molar-refractivity contribution is -0.121. The van der Waals surface area contributed by atoms with E-state index in [1.807, 2.05) is 6.92 Å². The van der Waals surface area contributed by atoms with E-state index in [2.05, 4.69) is 16.2 Å². The fraction of sp³-hybridized carbons (Fsp3) is 0.818. The third-order valence-electron chi connectivity index (χ3n) is 3.69. The van der Waals surface area contributed by atoms with Gasteiger partial charge in [-0.2, -0.15) is 0 Å². The second kappa shape index (κ2) is 4.99. The molecule has 0 saturated heterocycles. The summed E-state index contributed by atoms with van der Waals surface area (Å²) in [5.74, 6) is 1.64. The van der Waals surface area contributed by atoms with Gasteiger partial charge in [0.15, 0.2) is 5.11 Å². The molecular weight excluding hydrogens is 222 g/mol. The molecule has 2 rings (SSSR count). The first-order valence-corrected chi connectivity index (χ1v) is 6.45. The molecule has 1 amide bonds. The molecule has 2 saturated carbocycles. The molecule has 2 fully saturated rings. The lowest BCUT2D eigenvalue weighted by Gasteiger charge is -2.24. The highest BCUT2D eigenvalue weighted by Crippen LogP contribution is 2.44. The minimum atomic E-state index is -0.0444. The quantitative estimate of drug-likeness (QED) is 0.500. The van der Waals surface area contributed by atoms with Gasteiger partial charge in [-0.1, -0.05) is 13.3 Å². The number of rotatable bonds is 2. The van der Waals surface area contributed by atoms with Gasteiger partial charge in [0.2, 0.25) is 5.91 Å². The van der Waals surface area contributed by atoms with Crippen LogP contribution in [0.5, 0.6) is 0 Å². The monoisotopic (exact) mass is 241 g/mol. The number of nitrogens with one attached hydrogen (secondary N) is 3. The summed E-state index contributed by atoms with van der Waals surface area (Å²) in [7, 11) is 0. The molecule has 90 valence electrons. The van der Waals surface area contributed by atoms with Gasteiger partial charge in [-0.15, -0.1) is 0 Å². The summed E-state index contributed by atoms with van der Waals surface area (Å²) in [4.78, 5) is 11.0. The largest absolute Gasteiger partial charge is 0.358 e. The van der Waals surface area contributed by atoms with Crippen molar-refractivity contribution in [1.82, 2.24) is 16.2 Å². The van der Waals surface area contributed by atoms with Gasteiger partial charge in [-0.3, -0.25) is 15.6 Å². The molecule has 0 aliphatic heterocycles. The fourth-order valence-electron chi connectivity index (χ4n) is 2.84. The summed E-state index contributed by atoms with van der Waals surface area (Å²) >= 11 is 5.14. The molecule has 2 aliphatic carbocycles. The van der Waals surface area contributed by atoms with Crippen molar-refractivity contribution < 1.29 is 4.79 Å². The Balaban J connectivity index is 1.69. The van der Waals surface area contributed by atoms with Crippen LogP contribution in [0.25, 0.3) is 0 Å². The summed E-state index contributed by atoms with van der Waals surface area (Å²) in [6, 6.07) is 0.511. The summed E-state index contributed by atoms with van der Waals surface area (Å²) < 4.78 is 0. The molecule has 16 heavy (non-hydrogen) atoms. The lowest BCUT2D eigenvalue weighted by Crippen LogP contribution is -2.50. The van der Waals surface area contributed by atoms with Crippen molar-refractivity contribution >= 4 is 23.2 Å². The highest BCUT2D eigenvalue weighted by molar-refractivity contribution is 7.80. The first kappa shape index (κ1) is 11.6.